The van der Waals surface area contributed by atoms with Gasteiger partial charge in [0, 0.05) is 56.3 Å². The normalized spacial score (nSPS) is 16.2. The summed E-state index contributed by atoms with van der Waals surface area (Å²) in [5, 5.41) is 0.332. The lowest BCUT2D eigenvalue weighted by atomic mass is 9.97. The number of nitrogens with two attached hydrogens (primary N) is 1. The predicted molar refractivity (Wildman–Crippen MR) is 152 cm³/mol. The van der Waals surface area contributed by atoms with Gasteiger partial charge in [-0.25, -0.2) is 4.98 Å². The van der Waals surface area contributed by atoms with E-state index in [1.807, 2.05) is 11.9 Å². The van der Waals surface area contributed by atoms with Gasteiger partial charge in [0.15, 0.2) is 5.78 Å². The second kappa shape index (κ2) is 12.1. The van der Waals surface area contributed by atoms with Crippen molar-refractivity contribution < 1.29 is 22.7 Å². The molecule has 1 aromatic heterocycles. The van der Waals surface area contributed by atoms with Crippen molar-refractivity contribution in [2.24, 2.45) is 0 Å². The van der Waals surface area contributed by atoms with Gasteiger partial charge in [-0.2, -0.15) is 13.2 Å². The van der Waals surface area contributed by atoms with Crippen LogP contribution in [0.1, 0.15) is 51.0 Å². The van der Waals surface area contributed by atoms with Crippen LogP contribution in [-0.4, -0.2) is 59.9 Å². The lowest BCUT2D eigenvalue weighted by molar-refractivity contribution is -0.138. The lowest BCUT2D eigenvalue weighted by Gasteiger charge is -2.33. The van der Waals surface area contributed by atoms with Crippen LogP contribution in [0, 0.1) is 11.8 Å². The van der Waals surface area contributed by atoms with Gasteiger partial charge in [0.05, 0.1) is 28.5 Å². The molecule has 0 radical (unpaired) electrons. The fraction of sp³-hybridized carbons (Fsp3) is 0.355. The third-order valence-electron chi connectivity index (χ3n) is 7.17. The van der Waals surface area contributed by atoms with Gasteiger partial charge in [0.25, 0.3) is 0 Å². The van der Waals surface area contributed by atoms with Crippen LogP contribution in [0.4, 0.5) is 19.0 Å². The molecule has 1 aliphatic carbocycles. The summed E-state index contributed by atoms with van der Waals surface area (Å²) in [6.07, 6.45) is -0.973. The third kappa shape index (κ3) is 7.59. The highest BCUT2D eigenvalue weighted by atomic mass is 35.5. The maximum absolute atomic E-state index is 14.0. The van der Waals surface area contributed by atoms with Gasteiger partial charge in [0.1, 0.15) is 11.6 Å². The van der Waals surface area contributed by atoms with Gasteiger partial charge in [0.2, 0.25) is 0 Å². The zero-order valence-electron chi connectivity index (χ0n) is 22.6. The minimum Gasteiger partial charge on any atom is -0.489 e. The summed E-state index contributed by atoms with van der Waals surface area (Å²) >= 11 is 6.33. The molecule has 2 fully saturated rings. The fourth-order valence-corrected chi connectivity index (χ4v) is 4.76. The highest BCUT2D eigenvalue weighted by Crippen LogP contribution is 2.34. The number of aromatic nitrogens is 1. The number of hydrogen-bond acceptors (Lipinski definition) is 6. The molecular weight excluding hydrogens is 553 g/mol. The Bertz CT molecular complexity index is 1500. The van der Waals surface area contributed by atoms with Gasteiger partial charge in [-0.3, -0.25) is 9.69 Å². The minimum atomic E-state index is -4.53. The number of carbonyl (C=O) groups is 1. The van der Waals surface area contributed by atoms with E-state index in [2.05, 4.69) is 21.7 Å². The van der Waals surface area contributed by atoms with Crippen molar-refractivity contribution in [3.05, 3.63) is 87.1 Å². The molecule has 0 amide bonds. The van der Waals surface area contributed by atoms with E-state index in [1.54, 1.807) is 30.5 Å². The molecule has 3 aromatic rings. The van der Waals surface area contributed by atoms with Crippen LogP contribution in [0.5, 0.6) is 5.75 Å². The van der Waals surface area contributed by atoms with E-state index in [9.17, 15) is 18.0 Å². The summed E-state index contributed by atoms with van der Waals surface area (Å²) in [4.78, 5) is 21.4. The van der Waals surface area contributed by atoms with Crippen LogP contribution in [-0.2, 0) is 19.1 Å². The molecule has 2 heterocycles. The molecule has 0 unspecified atom stereocenters. The quantitative estimate of drug-likeness (QED) is 0.295. The molecule has 1 saturated carbocycles. The number of piperazine rings is 1. The van der Waals surface area contributed by atoms with Crippen molar-refractivity contribution in [1.82, 2.24) is 14.8 Å². The molecule has 1 aliphatic heterocycles. The number of rotatable bonds is 7. The first-order valence-corrected chi connectivity index (χ1v) is 13.8. The molecule has 1 saturated heterocycles. The Labute approximate surface area is 242 Å². The summed E-state index contributed by atoms with van der Waals surface area (Å²) in [6.45, 7) is 3.25. The van der Waals surface area contributed by atoms with E-state index in [1.165, 1.54) is 12.1 Å². The van der Waals surface area contributed by atoms with E-state index < -0.39 is 11.7 Å². The topological polar surface area (TPSA) is 71.7 Å². The van der Waals surface area contributed by atoms with Gasteiger partial charge in [-0.15, -0.1) is 0 Å². The minimum absolute atomic E-state index is 0.191. The number of ketones is 1. The number of hydrogen-bond donors (Lipinski definition) is 1. The zero-order valence-corrected chi connectivity index (χ0v) is 23.4. The average Bonchev–Trinajstić information content (AvgIpc) is 3.75. The number of likely N-dealkylation sites (N-methyl/N-ethyl adjacent to an activating group) is 1. The van der Waals surface area contributed by atoms with Crippen LogP contribution in [0.15, 0.2) is 48.7 Å². The molecule has 0 spiro atoms. The van der Waals surface area contributed by atoms with Gasteiger partial charge in [-0.1, -0.05) is 35.6 Å². The van der Waals surface area contributed by atoms with Crippen LogP contribution in [0.3, 0.4) is 0 Å². The lowest BCUT2D eigenvalue weighted by Crippen LogP contribution is -2.44. The molecule has 0 bridgehead atoms. The summed E-state index contributed by atoms with van der Waals surface area (Å²) in [5.74, 6) is 6.35. The largest absolute Gasteiger partial charge is 0.489 e. The maximum Gasteiger partial charge on any atom is 0.416 e. The number of pyridine rings is 1. The zero-order chi connectivity index (χ0) is 29.1. The van der Waals surface area contributed by atoms with Crippen molar-refractivity contribution in [2.45, 2.75) is 38.1 Å². The molecule has 2 aliphatic rings. The first kappa shape index (κ1) is 28.9. The Morgan fingerprint density at radius 1 is 1.07 bits per heavy atom. The van der Waals surface area contributed by atoms with Crippen molar-refractivity contribution >= 4 is 23.2 Å². The Morgan fingerprint density at radius 3 is 2.51 bits per heavy atom. The standard InChI is InChI=1S/C31H30ClF3N4O2/c1-38-10-12-39(13-11-38)19-24-3-2-20(14-27(24)31(33,34)35)15-29(40)22-6-9-28(32)21(16-22)4-5-23-17-26(18-37-30(23)36)41-25-7-8-25/h2-3,6,9,14,16-18,25H,7-8,10-13,15,19H2,1H3,(H2,36,37). The van der Waals surface area contributed by atoms with Crippen molar-refractivity contribution in [3.8, 4) is 17.6 Å². The van der Waals surface area contributed by atoms with Gasteiger partial charge in [-0.05, 0) is 55.3 Å². The van der Waals surface area contributed by atoms with E-state index in [0.29, 0.717) is 46.1 Å². The summed E-state index contributed by atoms with van der Waals surface area (Å²) < 4.78 is 47.7. The molecule has 6 nitrogen and oxygen atoms in total. The van der Waals surface area contributed by atoms with Crippen LogP contribution < -0.4 is 10.5 Å². The third-order valence-corrected chi connectivity index (χ3v) is 7.50. The Morgan fingerprint density at radius 2 is 1.80 bits per heavy atom. The number of nitrogens with zero attached hydrogens (tertiary/aromatic N) is 3. The Balaban J connectivity index is 1.33. The molecule has 10 heteroatoms. The number of benzene rings is 2. The SMILES string of the molecule is CN1CCN(Cc2ccc(CC(=O)c3ccc(Cl)c(C#Cc4cc(OC5CC5)cnc4N)c3)cc2C(F)(F)F)CC1. The second-order valence-electron chi connectivity index (χ2n) is 10.5. The summed E-state index contributed by atoms with van der Waals surface area (Å²) in [6, 6.07) is 10.5. The van der Waals surface area contributed by atoms with Crippen molar-refractivity contribution in [1.29, 1.82) is 0 Å². The van der Waals surface area contributed by atoms with Gasteiger partial charge < -0.3 is 15.4 Å². The molecule has 5 rings (SSSR count). The number of halogens is 4. The summed E-state index contributed by atoms with van der Waals surface area (Å²) in [5.41, 5.74) is 6.92. The molecule has 41 heavy (non-hydrogen) atoms. The van der Waals surface area contributed by atoms with Crippen molar-refractivity contribution in [3.63, 3.8) is 0 Å². The van der Waals surface area contributed by atoms with Crippen molar-refractivity contribution in [2.75, 3.05) is 39.0 Å². The highest BCUT2D eigenvalue weighted by Gasteiger charge is 2.34. The smallest absolute Gasteiger partial charge is 0.416 e. The number of nitrogen functional groups attached to an aromatic ring is 1. The molecule has 2 N–H and O–H groups in total. The highest BCUT2D eigenvalue weighted by molar-refractivity contribution is 6.31. The average molecular weight is 583 g/mol. The summed E-state index contributed by atoms with van der Waals surface area (Å²) in [7, 11) is 2.00. The molecule has 0 atom stereocenters. The number of ether oxygens (including phenoxy) is 1. The van der Waals surface area contributed by atoms with Crippen LogP contribution in [0.25, 0.3) is 0 Å². The maximum atomic E-state index is 14.0. The predicted octanol–water partition coefficient (Wildman–Crippen LogP) is 5.45. The van der Waals surface area contributed by atoms with E-state index in [-0.39, 0.29) is 36.2 Å². The van der Waals surface area contributed by atoms with Crippen LogP contribution >= 0.6 is 11.6 Å². The van der Waals surface area contributed by atoms with Crippen LogP contribution in [0.2, 0.25) is 5.02 Å². The Hall–Kier alpha value is -3.58. The second-order valence-corrected chi connectivity index (χ2v) is 10.9. The first-order valence-electron chi connectivity index (χ1n) is 13.4. The fourth-order valence-electron chi connectivity index (χ4n) is 4.60. The first-order chi connectivity index (χ1) is 19.5. The Kier molecular flexibility index (Phi) is 8.55. The van der Waals surface area contributed by atoms with E-state index in [0.717, 1.165) is 32.0 Å². The number of anilines is 1. The molecule has 2 aromatic carbocycles. The number of alkyl halides is 3. The number of carbonyl (C=O) groups excluding carboxylic acids is 1. The molecule has 214 valence electrons. The van der Waals surface area contributed by atoms with Gasteiger partial charge >= 0.3 is 6.18 Å². The van der Waals surface area contributed by atoms with E-state index in [4.69, 9.17) is 22.1 Å². The van der Waals surface area contributed by atoms with E-state index >= 15 is 0 Å². The monoisotopic (exact) mass is 582 g/mol. The number of Topliss-reactive ketones (excluding diaryl/α,β-unsaturated/α-hetero) is 1. The molecular formula is C31H30ClF3N4O2.